The molecule has 1 aromatic carbocycles. The van der Waals surface area contributed by atoms with Crippen LogP contribution in [0.3, 0.4) is 0 Å². The monoisotopic (exact) mass is 521 g/mol. The maximum atomic E-state index is 14.2. The number of hydrogen-bond donors (Lipinski definition) is 0. The van der Waals surface area contributed by atoms with E-state index in [1.54, 1.807) is 36.7 Å². The van der Waals surface area contributed by atoms with Crippen molar-refractivity contribution in [3.63, 3.8) is 0 Å². The van der Waals surface area contributed by atoms with Crippen molar-refractivity contribution in [1.82, 2.24) is 14.8 Å². The molecule has 3 atom stereocenters. The van der Waals surface area contributed by atoms with Crippen LogP contribution in [0, 0.1) is 17.2 Å². The molecule has 2 fully saturated rings. The molecule has 194 valence electrons. The Morgan fingerprint density at radius 2 is 1.76 bits per heavy atom. The van der Waals surface area contributed by atoms with Gasteiger partial charge in [0, 0.05) is 17.3 Å². The molecule has 3 aliphatic rings. The number of carbonyl (C=O) groups excluding carboxylic acids is 1. The third-order valence-electron chi connectivity index (χ3n) is 9.01. The number of aromatic nitrogens is 3. The lowest BCUT2D eigenvalue weighted by atomic mass is 9.56. The molecule has 6 nitrogen and oxygen atoms in total. The van der Waals surface area contributed by atoms with Crippen molar-refractivity contribution in [1.29, 1.82) is 0 Å². The largest absolute Gasteiger partial charge is 0.292 e. The van der Waals surface area contributed by atoms with Gasteiger partial charge in [-0.25, -0.2) is 17.5 Å². The Hall–Kier alpha value is -2.87. The van der Waals surface area contributed by atoms with Crippen molar-refractivity contribution in [2.45, 2.75) is 74.7 Å². The quantitative estimate of drug-likeness (QED) is 0.426. The summed E-state index contributed by atoms with van der Waals surface area (Å²) in [5.74, 6) is -0.368. The fourth-order valence-electron chi connectivity index (χ4n) is 7.06. The Morgan fingerprint density at radius 1 is 0.973 bits per heavy atom. The Labute approximate surface area is 217 Å². The van der Waals surface area contributed by atoms with E-state index in [0.29, 0.717) is 37.8 Å². The van der Waals surface area contributed by atoms with Gasteiger partial charge in [-0.1, -0.05) is 25.3 Å². The normalized spacial score (nSPS) is 26.3. The number of fused-ring (bicyclic) bond motifs is 2. The van der Waals surface area contributed by atoms with E-state index < -0.39 is 20.5 Å². The number of ketones is 1. The number of halogens is 1. The van der Waals surface area contributed by atoms with Gasteiger partial charge in [-0.05, 0) is 92.8 Å². The molecule has 0 radical (unpaired) electrons. The predicted molar refractivity (Wildman–Crippen MR) is 139 cm³/mol. The van der Waals surface area contributed by atoms with Crippen LogP contribution in [0.4, 0.5) is 4.39 Å². The Bertz CT molecular complexity index is 1400. The van der Waals surface area contributed by atoms with Crippen LogP contribution in [0.2, 0.25) is 0 Å². The highest BCUT2D eigenvalue weighted by Gasteiger charge is 2.55. The Balaban J connectivity index is 1.39. The van der Waals surface area contributed by atoms with E-state index in [2.05, 4.69) is 10.1 Å². The van der Waals surface area contributed by atoms with Crippen LogP contribution in [0.25, 0.3) is 5.69 Å². The van der Waals surface area contributed by atoms with E-state index in [0.717, 1.165) is 49.0 Å². The third-order valence-corrected chi connectivity index (χ3v) is 11.7. The number of hydrogen-bond acceptors (Lipinski definition) is 5. The van der Waals surface area contributed by atoms with Crippen LogP contribution < -0.4 is 0 Å². The van der Waals surface area contributed by atoms with E-state index in [9.17, 15) is 17.6 Å². The SMILES string of the molecule is O=C(c1ccccn1)[C@]12Cc3cnn(-c4ccc(F)cc4)c3CC1CC[C@H](S(=O)(=O)C1CCCCC1)C2. The molecule has 0 aliphatic heterocycles. The van der Waals surface area contributed by atoms with E-state index in [1.807, 2.05) is 10.7 Å². The van der Waals surface area contributed by atoms with Gasteiger partial charge >= 0.3 is 0 Å². The van der Waals surface area contributed by atoms with Crippen LogP contribution in [-0.4, -0.2) is 39.5 Å². The third kappa shape index (κ3) is 4.23. The number of pyridine rings is 1. The first-order valence-corrected chi connectivity index (χ1v) is 15.0. The number of nitrogens with zero attached hydrogens (tertiary/aromatic N) is 3. The molecule has 0 N–H and O–H groups in total. The zero-order valence-electron chi connectivity index (χ0n) is 20.9. The molecule has 1 unspecified atom stereocenters. The summed E-state index contributed by atoms with van der Waals surface area (Å²) >= 11 is 0. The lowest BCUT2D eigenvalue weighted by Gasteiger charge is -2.48. The summed E-state index contributed by atoms with van der Waals surface area (Å²) in [6, 6.07) is 11.6. The average Bonchev–Trinajstić information content (AvgIpc) is 3.34. The molecule has 3 aromatic rings. The molecule has 6 rings (SSSR count). The van der Waals surface area contributed by atoms with Crippen molar-refractivity contribution in [2.75, 3.05) is 0 Å². The highest BCUT2D eigenvalue weighted by molar-refractivity contribution is 7.92. The van der Waals surface area contributed by atoms with Gasteiger partial charge in [-0.3, -0.25) is 9.78 Å². The van der Waals surface area contributed by atoms with Gasteiger partial charge in [0.15, 0.2) is 15.6 Å². The van der Waals surface area contributed by atoms with Crippen molar-refractivity contribution >= 4 is 15.6 Å². The van der Waals surface area contributed by atoms with E-state index in [-0.39, 0.29) is 22.8 Å². The lowest BCUT2D eigenvalue weighted by molar-refractivity contribution is 0.0487. The molecule has 0 spiro atoms. The molecule has 0 bridgehead atoms. The minimum Gasteiger partial charge on any atom is -0.292 e. The first kappa shape index (κ1) is 24.5. The first-order valence-electron chi connectivity index (χ1n) is 13.4. The Kier molecular flexibility index (Phi) is 6.25. The predicted octanol–water partition coefficient (Wildman–Crippen LogP) is 5.29. The second kappa shape index (κ2) is 9.46. The molecule has 2 aromatic heterocycles. The van der Waals surface area contributed by atoms with Crippen molar-refractivity contribution in [3.05, 3.63) is 77.6 Å². The van der Waals surface area contributed by atoms with E-state index in [1.165, 1.54) is 12.1 Å². The average molecular weight is 522 g/mol. The summed E-state index contributed by atoms with van der Waals surface area (Å²) in [7, 11) is -3.34. The molecule has 2 saturated carbocycles. The zero-order valence-corrected chi connectivity index (χ0v) is 21.7. The number of Topliss-reactive ketones (excluding diaryl/α,β-unsaturated/α-hetero) is 1. The standard InChI is InChI=1S/C29H32FN3O3S/c30-22-10-12-23(13-11-22)33-27-16-21-9-14-25(37(35,36)24-6-2-1-3-7-24)18-29(21,17-20(27)19-32-33)28(34)26-8-4-5-15-31-26/h4-5,8,10-13,15,19,21,24-25H,1-3,6-7,9,14,16-18H2/t21?,25-,29-/m0/s1. The lowest BCUT2D eigenvalue weighted by Crippen LogP contribution is -2.52. The second-order valence-corrected chi connectivity index (χ2v) is 13.5. The van der Waals surface area contributed by atoms with Crippen LogP contribution >= 0.6 is 0 Å². The second-order valence-electron chi connectivity index (χ2n) is 11.0. The molecule has 8 heteroatoms. The molecular formula is C29H32FN3O3S. The Morgan fingerprint density at radius 3 is 2.49 bits per heavy atom. The van der Waals surface area contributed by atoms with Crippen molar-refractivity contribution in [2.24, 2.45) is 11.3 Å². The molecule has 0 saturated heterocycles. The number of sulfone groups is 1. The number of benzene rings is 1. The van der Waals surface area contributed by atoms with Gasteiger partial charge in [0.05, 0.1) is 22.4 Å². The van der Waals surface area contributed by atoms with Crippen LogP contribution in [0.5, 0.6) is 0 Å². The summed E-state index contributed by atoms with van der Waals surface area (Å²) in [6.45, 7) is 0. The zero-order chi connectivity index (χ0) is 25.6. The van der Waals surface area contributed by atoms with Crippen LogP contribution in [0.1, 0.15) is 73.1 Å². The summed E-state index contributed by atoms with van der Waals surface area (Å²) < 4.78 is 43.0. The minimum absolute atomic E-state index is 0.0109. The molecule has 37 heavy (non-hydrogen) atoms. The summed E-state index contributed by atoms with van der Waals surface area (Å²) in [6.07, 6.45) is 10.6. The maximum Gasteiger partial charge on any atom is 0.187 e. The first-order chi connectivity index (χ1) is 17.9. The number of carbonyl (C=O) groups is 1. The van der Waals surface area contributed by atoms with Gasteiger partial charge in [0.1, 0.15) is 11.5 Å². The fourth-order valence-corrected chi connectivity index (χ4v) is 9.59. The highest BCUT2D eigenvalue weighted by atomic mass is 32.2. The van der Waals surface area contributed by atoms with Crippen molar-refractivity contribution < 1.29 is 17.6 Å². The minimum atomic E-state index is -3.34. The summed E-state index contributed by atoms with van der Waals surface area (Å²) in [5.41, 5.74) is 2.33. The summed E-state index contributed by atoms with van der Waals surface area (Å²) in [4.78, 5) is 18.6. The maximum absolute atomic E-state index is 14.2. The van der Waals surface area contributed by atoms with E-state index >= 15 is 0 Å². The fraction of sp³-hybridized carbons (Fsp3) is 0.483. The molecular weight excluding hydrogens is 489 g/mol. The van der Waals surface area contributed by atoms with Crippen LogP contribution in [0.15, 0.2) is 54.9 Å². The van der Waals surface area contributed by atoms with E-state index in [4.69, 9.17) is 0 Å². The smallest absolute Gasteiger partial charge is 0.187 e. The summed E-state index contributed by atoms with van der Waals surface area (Å²) in [5, 5.41) is 3.82. The van der Waals surface area contributed by atoms with Gasteiger partial charge in [-0.15, -0.1) is 0 Å². The topological polar surface area (TPSA) is 81.9 Å². The highest BCUT2D eigenvalue weighted by Crippen LogP contribution is 2.53. The van der Waals surface area contributed by atoms with Crippen LogP contribution in [-0.2, 0) is 22.7 Å². The van der Waals surface area contributed by atoms with Gasteiger partial charge in [0.2, 0.25) is 0 Å². The van der Waals surface area contributed by atoms with Gasteiger partial charge in [0.25, 0.3) is 0 Å². The molecule has 2 heterocycles. The van der Waals surface area contributed by atoms with Gasteiger partial charge < -0.3 is 0 Å². The molecule has 0 amide bonds. The molecule has 3 aliphatic carbocycles. The number of rotatable bonds is 5. The van der Waals surface area contributed by atoms with Gasteiger partial charge in [-0.2, -0.15) is 5.10 Å². The van der Waals surface area contributed by atoms with Crippen molar-refractivity contribution in [3.8, 4) is 5.69 Å².